The van der Waals surface area contributed by atoms with Crippen LogP contribution in [-0.2, 0) is 28.1 Å². The summed E-state index contributed by atoms with van der Waals surface area (Å²) in [5, 5.41) is 2.99. The van der Waals surface area contributed by atoms with Crippen LogP contribution in [0.1, 0.15) is 45.0 Å². The number of carbonyl (C=O) groups is 2. The molecule has 0 radical (unpaired) electrons. The number of carbonyl (C=O) groups excluding carboxylic acids is 2. The number of aromatic nitrogens is 2. The molecule has 2 aromatic rings. The van der Waals surface area contributed by atoms with E-state index in [1.54, 1.807) is 6.20 Å². The number of nitrogens with zero attached hydrogens (tertiary/aromatic N) is 4. The van der Waals surface area contributed by atoms with E-state index in [9.17, 15) is 9.59 Å². The highest BCUT2D eigenvalue weighted by molar-refractivity contribution is 5.89. The summed E-state index contributed by atoms with van der Waals surface area (Å²) in [5.41, 5.74) is 1.39. The molecule has 4 rings (SSSR count). The second-order valence-electron chi connectivity index (χ2n) is 8.48. The van der Waals surface area contributed by atoms with Gasteiger partial charge in [-0.25, -0.2) is 9.78 Å². The lowest BCUT2D eigenvalue weighted by Gasteiger charge is -2.46. The molecule has 1 atom stereocenters. The van der Waals surface area contributed by atoms with Crippen LogP contribution in [0.3, 0.4) is 0 Å². The van der Waals surface area contributed by atoms with Crippen LogP contribution in [0.15, 0.2) is 36.7 Å². The first kappa shape index (κ1) is 22.3. The lowest BCUT2D eigenvalue weighted by atomic mass is 9.88. The fourth-order valence-electron chi connectivity index (χ4n) is 4.70. The van der Waals surface area contributed by atoms with E-state index in [2.05, 4.69) is 17.2 Å². The molecule has 2 aliphatic rings. The first-order valence-corrected chi connectivity index (χ1v) is 11.6. The first-order chi connectivity index (χ1) is 15.5. The van der Waals surface area contributed by atoms with Crippen molar-refractivity contribution in [2.75, 3.05) is 31.5 Å². The van der Waals surface area contributed by atoms with Crippen molar-refractivity contribution < 1.29 is 14.3 Å². The number of likely N-dealkylation sites (N-methyl/N-ethyl adjacent to an activating group) is 1. The van der Waals surface area contributed by atoms with Crippen molar-refractivity contribution >= 4 is 17.6 Å². The van der Waals surface area contributed by atoms with Crippen LogP contribution in [0.5, 0.6) is 0 Å². The normalized spacial score (nSPS) is 19.5. The highest BCUT2D eigenvalue weighted by Gasteiger charge is 2.48. The maximum absolute atomic E-state index is 13.0. The average molecular weight is 440 g/mol. The fraction of sp³-hybridized carbons (Fsp3) is 0.542. The summed E-state index contributed by atoms with van der Waals surface area (Å²) in [7, 11) is 0. The summed E-state index contributed by atoms with van der Waals surface area (Å²) in [6.07, 6.45) is 5.33. The Hall–Kier alpha value is -2.87. The Morgan fingerprint density at radius 3 is 2.47 bits per heavy atom. The molecule has 1 fully saturated rings. The van der Waals surface area contributed by atoms with Gasteiger partial charge in [-0.1, -0.05) is 19.1 Å². The molecule has 1 saturated heterocycles. The predicted octanol–water partition coefficient (Wildman–Crippen LogP) is 3.24. The second-order valence-corrected chi connectivity index (χ2v) is 8.48. The van der Waals surface area contributed by atoms with Crippen LogP contribution in [0, 0.1) is 0 Å². The van der Waals surface area contributed by atoms with Gasteiger partial charge in [-0.2, -0.15) is 0 Å². The lowest BCUT2D eigenvalue weighted by molar-refractivity contribution is -0.179. The summed E-state index contributed by atoms with van der Waals surface area (Å²) in [6.45, 7) is 8.94. The van der Waals surface area contributed by atoms with Gasteiger partial charge in [0.05, 0.1) is 6.54 Å². The van der Waals surface area contributed by atoms with Crippen LogP contribution < -0.4 is 5.32 Å². The molecule has 2 aliphatic heterocycles. The third kappa shape index (κ3) is 4.24. The van der Waals surface area contributed by atoms with Crippen molar-refractivity contribution in [2.24, 2.45) is 0 Å². The number of anilines is 1. The van der Waals surface area contributed by atoms with Crippen LogP contribution in [0.2, 0.25) is 0 Å². The minimum atomic E-state index is -0.644. The van der Waals surface area contributed by atoms with E-state index in [0.717, 1.165) is 17.9 Å². The Bertz CT molecular complexity index is 943. The third-order valence-electron chi connectivity index (χ3n) is 6.68. The van der Waals surface area contributed by atoms with Crippen LogP contribution in [0.4, 0.5) is 10.5 Å². The molecule has 0 aliphatic carbocycles. The number of nitrogens with one attached hydrogen (secondary N) is 1. The third-order valence-corrected chi connectivity index (χ3v) is 6.68. The molecule has 1 spiro atoms. The standard InChI is InChI=1S/C24H33N5O3/c1-4-18-7-9-19(10-8-18)26-23(31)28-14-11-24(12-15-28)22-25-13-16-29(22)17-20(32-24)21(30)27(5-2)6-3/h7-10,13,16,20H,4-6,11-12,14-15,17H2,1-3H3,(H,26,31). The zero-order valence-corrected chi connectivity index (χ0v) is 19.2. The molecule has 0 saturated carbocycles. The number of aryl methyl sites for hydroxylation is 1. The monoisotopic (exact) mass is 439 g/mol. The number of rotatable bonds is 5. The Balaban J connectivity index is 1.45. The van der Waals surface area contributed by atoms with Gasteiger partial charge in [0.1, 0.15) is 11.4 Å². The van der Waals surface area contributed by atoms with Crippen molar-refractivity contribution in [3.8, 4) is 0 Å². The van der Waals surface area contributed by atoms with Gasteiger partial charge in [-0.05, 0) is 38.0 Å². The molecule has 8 heteroatoms. The molecule has 8 nitrogen and oxygen atoms in total. The molecule has 3 heterocycles. The van der Waals surface area contributed by atoms with Crippen molar-refractivity contribution in [3.05, 3.63) is 48.0 Å². The minimum Gasteiger partial charge on any atom is -0.352 e. The number of piperidine rings is 1. The van der Waals surface area contributed by atoms with Gasteiger partial charge in [-0.3, -0.25) is 4.79 Å². The summed E-state index contributed by atoms with van der Waals surface area (Å²) in [4.78, 5) is 34.0. The number of likely N-dealkylation sites (tertiary alicyclic amines) is 1. The topological polar surface area (TPSA) is 79.7 Å². The summed E-state index contributed by atoms with van der Waals surface area (Å²) >= 11 is 0. The molecule has 0 bridgehead atoms. The quantitative estimate of drug-likeness (QED) is 0.776. The number of urea groups is 1. The molecular weight excluding hydrogens is 406 g/mol. The van der Waals surface area contributed by atoms with Crippen LogP contribution >= 0.6 is 0 Å². The largest absolute Gasteiger partial charge is 0.352 e. The van der Waals surface area contributed by atoms with Gasteiger partial charge in [0, 0.05) is 57.1 Å². The van der Waals surface area contributed by atoms with Crippen LogP contribution in [-0.4, -0.2) is 63.6 Å². The van der Waals surface area contributed by atoms with Gasteiger partial charge in [-0.15, -0.1) is 0 Å². The molecule has 172 valence electrons. The summed E-state index contributed by atoms with van der Waals surface area (Å²) < 4.78 is 8.53. The molecule has 32 heavy (non-hydrogen) atoms. The van der Waals surface area contributed by atoms with E-state index in [1.165, 1.54) is 5.56 Å². The smallest absolute Gasteiger partial charge is 0.321 e. The van der Waals surface area contributed by atoms with Crippen molar-refractivity contribution in [2.45, 2.75) is 58.3 Å². The summed E-state index contributed by atoms with van der Waals surface area (Å²) in [5.74, 6) is 0.876. The number of ether oxygens (including phenoxy) is 1. The molecule has 1 N–H and O–H groups in total. The highest BCUT2D eigenvalue weighted by Crippen LogP contribution is 2.40. The molecule has 3 amide bonds. The Morgan fingerprint density at radius 2 is 1.84 bits per heavy atom. The zero-order chi connectivity index (χ0) is 22.7. The first-order valence-electron chi connectivity index (χ1n) is 11.6. The Morgan fingerprint density at radius 1 is 1.16 bits per heavy atom. The molecule has 1 aromatic heterocycles. The SMILES string of the molecule is CCc1ccc(NC(=O)N2CCC3(CC2)OC(C(=O)N(CC)CC)Cn2ccnc23)cc1. The average Bonchev–Trinajstić information content (AvgIpc) is 3.30. The predicted molar refractivity (Wildman–Crippen MR) is 122 cm³/mol. The van der Waals surface area contributed by atoms with Gasteiger partial charge in [0.15, 0.2) is 6.10 Å². The molecular formula is C24H33N5O3. The van der Waals surface area contributed by atoms with E-state index >= 15 is 0 Å². The maximum atomic E-state index is 13.0. The van der Waals surface area contributed by atoms with E-state index < -0.39 is 11.7 Å². The maximum Gasteiger partial charge on any atom is 0.321 e. The summed E-state index contributed by atoms with van der Waals surface area (Å²) in [6, 6.07) is 7.82. The van der Waals surface area contributed by atoms with E-state index in [1.807, 2.05) is 58.7 Å². The number of amides is 3. The van der Waals surface area contributed by atoms with E-state index in [4.69, 9.17) is 4.74 Å². The zero-order valence-electron chi connectivity index (χ0n) is 19.2. The van der Waals surface area contributed by atoms with Crippen LogP contribution in [0.25, 0.3) is 0 Å². The fourth-order valence-corrected chi connectivity index (χ4v) is 4.70. The lowest BCUT2D eigenvalue weighted by Crippen LogP contribution is -2.55. The van der Waals surface area contributed by atoms with Crippen molar-refractivity contribution in [1.29, 1.82) is 0 Å². The van der Waals surface area contributed by atoms with Crippen molar-refractivity contribution in [1.82, 2.24) is 19.4 Å². The minimum absolute atomic E-state index is 0.0180. The van der Waals surface area contributed by atoms with Gasteiger partial charge < -0.3 is 24.4 Å². The van der Waals surface area contributed by atoms with Gasteiger partial charge in [0.2, 0.25) is 0 Å². The van der Waals surface area contributed by atoms with Gasteiger partial charge in [0.25, 0.3) is 5.91 Å². The molecule has 1 aromatic carbocycles. The van der Waals surface area contributed by atoms with E-state index in [-0.39, 0.29) is 11.9 Å². The number of fused-ring (bicyclic) bond motifs is 2. The molecule has 1 unspecified atom stereocenters. The number of benzene rings is 1. The number of hydrogen-bond acceptors (Lipinski definition) is 4. The highest BCUT2D eigenvalue weighted by atomic mass is 16.5. The van der Waals surface area contributed by atoms with E-state index in [0.29, 0.717) is 45.6 Å². The Labute approximate surface area is 189 Å². The van der Waals surface area contributed by atoms with Crippen molar-refractivity contribution in [3.63, 3.8) is 0 Å². The second kappa shape index (κ2) is 9.32. The number of imidazole rings is 1. The number of hydrogen-bond donors (Lipinski definition) is 1. The van der Waals surface area contributed by atoms with Gasteiger partial charge >= 0.3 is 6.03 Å². The Kier molecular flexibility index (Phi) is 6.50.